The number of carbonyl (C=O) groups excluding carboxylic acids is 3. The van der Waals surface area contributed by atoms with Crippen molar-refractivity contribution in [2.45, 2.75) is 23.1 Å². The molecular weight excluding hydrogens is 608 g/mol. The topological polar surface area (TPSA) is 161 Å². The molecule has 1 aromatic heterocycles. The summed E-state index contributed by atoms with van der Waals surface area (Å²) >= 11 is 2.09. The van der Waals surface area contributed by atoms with Crippen LogP contribution in [0.4, 0.5) is 17.1 Å². The van der Waals surface area contributed by atoms with Crippen LogP contribution in [0, 0.1) is 23.0 Å². The number of H-pyrrole nitrogens is 1. The summed E-state index contributed by atoms with van der Waals surface area (Å²) in [6.45, 7) is 1.67. The summed E-state index contributed by atoms with van der Waals surface area (Å²) in [6, 6.07) is 17.6. The van der Waals surface area contributed by atoms with Gasteiger partial charge in [-0.05, 0) is 48.9 Å². The van der Waals surface area contributed by atoms with Crippen LogP contribution in [0.25, 0.3) is 0 Å². The number of anilines is 2. The Morgan fingerprint density at radius 1 is 1.02 bits per heavy atom. The number of imide groups is 1. The first-order chi connectivity index (χ1) is 21.1. The zero-order valence-electron chi connectivity index (χ0n) is 23.3. The fourth-order valence-corrected chi connectivity index (χ4v) is 7.84. The van der Waals surface area contributed by atoms with Gasteiger partial charge in [-0.15, -0.1) is 0 Å². The number of aromatic amines is 1. The van der Waals surface area contributed by atoms with Gasteiger partial charge in [0.1, 0.15) is 5.25 Å². The average molecular weight is 633 g/mol. The number of nitro benzene ring substituents is 1. The number of hydrogen-bond donors (Lipinski definition) is 2. The zero-order valence-corrected chi connectivity index (χ0v) is 24.9. The SMILES string of the molecule is COc1cc(C2c3sc(=O)[nH]c3SC3C(=O)N(c4ccc([N+](=O)[O-])cc4)C(=O)C32)ccc1OCC(=O)Nc1ccc(C)cc1. The van der Waals surface area contributed by atoms with Gasteiger partial charge in [0.2, 0.25) is 11.8 Å². The van der Waals surface area contributed by atoms with Crippen molar-refractivity contribution in [2.24, 2.45) is 5.92 Å². The fourth-order valence-electron chi connectivity index (χ4n) is 5.33. The number of benzene rings is 3. The van der Waals surface area contributed by atoms with Crippen molar-refractivity contribution < 1.29 is 28.8 Å². The number of nitrogens with one attached hydrogen (secondary N) is 2. The molecule has 3 unspecified atom stereocenters. The van der Waals surface area contributed by atoms with Crippen LogP contribution in [-0.2, 0) is 14.4 Å². The van der Waals surface area contributed by atoms with E-state index in [0.29, 0.717) is 32.7 Å². The number of hydrogen-bond acceptors (Lipinski definition) is 10. The van der Waals surface area contributed by atoms with Crippen LogP contribution >= 0.6 is 23.1 Å². The third-order valence-electron chi connectivity index (χ3n) is 7.38. The first-order valence-electron chi connectivity index (χ1n) is 13.3. The van der Waals surface area contributed by atoms with Gasteiger partial charge in [0.15, 0.2) is 18.1 Å². The summed E-state index contributed by atoms with van der Waals surface area (Å²) in [7, 11) is 1.44. The quantitative estimate of drug-likeness (QED) is 0.162. The van der Waals surface area contributed by atoms with Gasteiger partial charge in [0.25, 0.3) is 11.6 Å². The van der Waals surface area contributed by atoms with Crippen molar-refractivity contribution in [3.63, 3.8) is 0 Å². The van der Waals surface area contributed by atoms with E-state index in [4.69, 9.17) is 9.47 Å². The number of carbonyl (C=O) groups is 3. The predicted molar refractivity (Wildman–Crippen MR) is 164 cm³/mol. The molecule has 0 bridgehead atoms. The molecule has 2 N–H and O–H groups in total. The third-order valence-corrected chi connectivity index (χ3v) is 9.78. The van der Waals surface area contributed by atoms with Gasteiger partial charge in [0, 0.05) is 28.6 Å². The normalized spacial score (nSPS) is 18.9. The number of methoxy groups -OCH3 is 1. The van der Waals surface area contributed by atoms with Crippen LogP contribution < -0.4 is 24.6 Å². The molecule has 1 saturated heterocycles. The van der Waals surface area contributed by atoms with Gasteiger partial charge in [0.05, 0.1) is 28.7 Å². The molecule has 0 aliphatic carbocycles. The molecule has 6 rings (SSSR count). The molecule has 12 nitrogen and oxygen atoms in total. The van der Waals surface area contributed by atoms with E-state index in [1.165, 1.54) is 31.4 Å². The average Bonchev–Trinajstić information content (AvgIpc) is 3.51. The molecule has 224 valence electrons. The summed E-state index contributed by atoms with van der Waals surface area (Å²) in [5.74, 6) is -2.27. The van der Waals surface area contributed by atoms with Crippen molar-refractivity contribution in [3.05, 3.63) is 103 Å². The maximum Gasteiger partial charge on any atom is 0.305 e. The maximum absolute atomic E-state index is 13.9. The highest BCUT2D eigenvalue weighted by Gasteiger charge is 2.56. The van der Waals surface area contributed by atoms with Crippen molar-refractivity contribution in [3.8, 4) is 11.5 Å². The first kappa shape index (κ1) is 29.1. The van der Waals surface area contributed by atoms with Gasteiger partial charge < -0.3 is 19.8 Å². The van der Waals surface area contributed by atoms with E-state index in [9.17, 15) is 29.3 Å². The Labute approximate surface area is 258 Å². The highest BCUT2D eigenvalue weighted by molar-refractivity contribution is 8.00. The minimum atomic E-state index is -0.863. The van der Waals surface area contributed by atoms with E-state index in [-0.39, 0.29) is 28.8 Å². The molecule has 1 fully saturated rings. The number of fused-ring (bicyclic) bond motifs is 2. The predicted octanol–water partition coefficient (Wildman–Crippen LogP) is 4.47. The lowest BCUT2D eigenvalue weighted by Gasteiger charge is -2.30. The lowest BCUT2D eigenvalue weighted by molar-refractivity contribution is -0.384. The van der Waals surface area contributed by atoms with E-state index < -0.39 is 33.8 Å². The van der Waals surface area contributed by atoms with Crippen LogP contribution in [0.15, 0.2) is 76.6 Å². The smallest absolute Gasteiger partial charge is 0.305 e. The Kier molecular flexibility index (Phi) is 7.69. The summed E-state index contributed by atoms with van der Waals surface area (Å²) in [5, 5.41) is 13.5. The monoisotopic (exact) mass is 632 g/mol. The number of aromatic nitrogens is 1. The molecule has 0 saturated carbocycles. The second kappa shape index (κ2) is 11.6. The van der Waals surface area contributed by atoms with Crippen molar-refractivity contribution in [1.29, 1.82) is 0 Å². The van der Waals surface area contributed by atoms with Gasteiger partial charge >= 0.3 is 4.87 Å². The lowest BCUT2D eigenvalue weighted by Crippen LogP contribution is -2.32. The zero-order chi connectivity index (χ0) is 31.1. The number of aryl methyl sites for hydroxylation is 1. The molecular formula is C30H24N4O8S2. The number of thioether (sulfide) groups is 1. The second-order valence-electron chi connectivity index (χ2n) is 10.1. The number of rotatable bonds is 8. The number of non-ortho nitro benzene ring substituents is 1. The minimum Gasteiger partial charge on any atom is -0.493 e. The number of nitrogens with zero attached hydrogens (tertiary/aromatic N) is 2. The summed E-state index contributed by atoms with van der Waals surface area (Å²) in [5.41, 5.74) is 2.36. The van der Waals surface area contributed by atoms with Crippen LogP contribution in [0.1, 0.15) is 21.9 Å². The highest BCUT2D eigenvalue weighted by Crippen LogP contribution is 2.53. The highest BCUT2D eigenvalue weighted by atomic mass is 32.2. The summed E-state index contributed by atoms with van der Waals surface area (Å²) in [6.07, 6.45) is 0. The Morgan fingerprint density at radius 2 is 1.75 bits per heavy atom. The Bertz CT molecular complexity index is 1850. The van der Waals surface area contributed by atoms with Gasteiger partial charge in [-0.25, -0.2) is 4.90 Å². The van der Waals surface area contributed by atoms with Gasteiger partial charge in [-0.1, -0.05) is 46.9 Å². The minimum absolute atomic E-state index is 0.167. The van der Waals surface area contributed by atoms with Crippen LogP contribution in [0.2, 0.25) is 0 Å². The van der Waals surface area contributed by atoms with E-state index in [2.05, 4.69) is 10.3 Å². The third kappa shape index (κ3) is 5.33. The van der Waals surface area contributed by atoms with Crippen LogP contribution in [-0.4, -0.2) is 46.6 Å². The molecule has 2 aliphatic rings. The second-order valence-corrected chi connectivity index (χ2v) is 12.3. The Hall–Kier alpha value is -4.95. The van der Waals surface area contributed by atoms with Crippen LogP contribution in [0.3, 0.4) is 0 Å². The first-order valence-corrected chi connectivity index (χ1v) is 15.0. The largest absolute Gasteiger partial charge is 0.493 e. The van der Waals surface area contributed by atoms with E-state index in [1.807, 2.05) is 19.1 Å². The molecule has 44 heavy (non-hydrogen) atoms. The standard InChI is InChI=1S/C30H24N4O8S2/c1-15-3-6-17(7-4-15)31-22(35)14-42-20-12-5-16(13-21(20)41-2)23-24-26(43-27-25(23)44-30(38)32-27)29(37)33(28(24)36)18-8-10-19(11-9-18)34(39)40/h3-13,23-24,26H,14H2,1-2H3,(H,31,35)(H,32,38). The fraction of sp³-hybridized carbons (Fsp3) is 0.200. The number of thiazole rings is 1. The summed E-state index contributed by atoms with van der Waals surface area (Å²) < 4.78 is 11.3. The molecule has 4 aromatic rings. The van der Waals surface area contributed by atoms with Crippen molar-refractivity contribution in [2.75, 3.05) is 23.9 Å². The molecule has 3 atom stereocenters. The number of nitro groups is 1. The number of ether oxygens (including phenoxy) is 2. The molecule has 0 spiro atoms. The van der Waals surface area contributed by atoms with Gasteiger partial charge in [-0.2, -0.15) is 0 Å². The summed E-state index contributed by atoms with van der Waals surface area (Å²) in [4.78, 5) is 67.1. The molecule has 0 radical (unpaired) electrons. The molecule has 3 heterocycles. The van der Waals surface area contributed by atoms with Gasteiger partial charge in [-0.3, -0.25) is 29.3 Å². The molecule has 3 aromatic carbocycles. The lowest BCUT2D eigenvalue weighted by atomic mass is 9.83. The van der Waals surface area contributed by atoms with Crippen molar-refractivity contribution in [1.82, 2.24) is 4.98 Å². The molecule has 14 heteroatoms. The molecule has 3 amide bonds. The van der Waals surface area contributed by atoms with E-state index in [0.717, 1.165) is 33.6 Å². The van der Waals surface area contributed by atoms with E-state index >= 15 is 0 Å². The molecule has 2 aliphatic heterocycles. The maximum atomic E-state index is 13.9. The number of amides is 3. The van der Waals surface area contributed by atoms with E-state index in [1.54, 1.807) is 30.3 Å². The Morgan fingerprint density at radius 3 is 2.43 bits per heavy atom. The van der Waals surface area contributed by atoms with Crippen molar-refractivity contribution >= 4 is 57.9 Å². The Balaban J connectivity index is 1.29. The van der Waals surface area contributed by atoms with Crippen LogP contribution in [0.5, 0.6) is 11.5 Å².